The number of likely N-dealkylation sites (tertiary alicyclic amines) is 1. The summed E-state index contributed by atoms with van der Waals surface area (Å²) in [5.74, 6) is 0. The zero-order valence-corrected chi connectivity index (χ0v) is 10.6. The van der Waals surface area contributed by atoms with E-state index in [4.69, 9.17) is 0 Å². The Kier molecular flexibility index (Phi) is 3.36. The van der Waals surface area contributed by atoms with Gasteiger partial charge in [-0.25, -0.2) is 0 Å². The predicted octanol–water partition coefficient (Wildman–Crippen LogP) is 2.25. The van der Waals surface area contributed by atoms with Crippen LogP contribution in [-0.2, 0) is 0 Å². The summed E-state index contributed by atoms with van der Waals surface area (Å²) in [4.78, 5) is 2.74. The van der Waals surface area contributed by atoms with E-state index in [1.807, 2.05) is 0 Å². The van der Waals surface area contributed by atoms with Crippen molar-refractivity contribution in [3.63, 3.8) is 0 Å². The molecular formula is C13H26N2. The van der Waals surface area contributed by atoms with Gasteiger partial charge in [0.2, 0.25) is 0 Å². The first-order valence-electron chi connectivity index (χ1n) is 6.52. The number of piperidine rings is 1. The van der Waals surface area contributed by atoms with Gasteiger partial charge in [0, 0.05) is 12.1 Å². The van der Waals surface area contributed by atoms with E-state index >= 15 is 0 Å². The van der Waals surface area contributed by atoms with Crippen LogP contribution < -0.4 is 5.32 Å². The first-order chi connectivity index (χ1) is 7.11. The third kappa shape index (κ3) is 2.73. The summed E-state index contributed by atoms with van der Waals surface area (Å²) in [5, 5.41) is 3.40. The molecule has 1 aliphatic carbocycles. The van der Waals surface area contributed by atoms with Crippen LogP contribution in [0.2, 0.25) is 0 Å². The van der Waals surface area contributed by atoms with Gasteiger partial charge in [-0.3, -0.25) is 0 Å². The molecule has 15 heavy (non-hydrogen) atoms. The molecule has 2 aliphatic rings. The lowest BCUT2D eigenvalue weighted by Gasteiger charge is -2.36. The molecule has 0 aromatic rings. The minimum Gasteiger partial charge on any atom is -0.317 e. The molecule has 0 bridgehead atoms. The van der Waals surface area contributed by atoms with Crippen molar-refractivity contribution in [2.45, 2.75) is 58.0 Å². The average Bonchev–Trinajstić information content (AvgIpc) is 2.59. The summed E-state index contributed by atoms with van der Waals surface area (Å²) in [5.41, 5.74) is 0.602. The SMILES string of the molecule is CNC1CCN(C2CCC(C)(C)C2)CC1. The Morgan fingerprint density at radius 2 is 1.80 bits per heavy atom. The van der Waals surface area contributed by atoms with Gasteiger partial charge >= 0.3 is 0 Å². The van der Waals surface area contributed by atoms with Gasteiger partial charge in [0.15, 0.2) is 0 Å². The quantitative estimate of drug-likeness (QED) is 0.752. The maximum absolute atomic E-state index is 3.40. The fraction of sp³-hybridized carbons (Fsp3) is 1.00. The van der Waals surface area contributed by atoms with E-state index in [0.29, 0.717) is 5.41 Å². The molecule has 88 valence electrons. The molecule has 2 heteroatoms. The molecule has 1 heterocycles. The lowest BCUT2D eigenvalue weighted by Crippen LogP contribution is -2.45. The van der Waals surface area contributed by atoms with E-state index in [0.717, 1.165) is 12.1 Å². The Hall–Kier alpha value is -0.0800. The molecule has 1 atom stereocenters. The molecule has 1 N–H and O–H groups in total. The lowest BCUT2D eigenvalue weighted by atomic mass is 9.91. The molecule has 0 aromatic carbocycles. The van der Waals surface area contributed by atoms with Crippen LogP contribution in [0.4, 0.5) is 0 Å². The second kappa shape index (κ2) is 4.42. The largest absolute Gasteiger partial charge is 0.317 e. The molecule has 1 saturated carbocycles. The van der Waals surface area contributed by atoms with Gasteiger partial charge in [-0.15, -0.1) is 0 Å². The summed E-state index contributed by atoms with van der Waals surface area (Å²) in [6.07, 6.45) is 6.94. The highest BCUT2D eigenvalue weighted by Crippen LogP contribution is 2.39. The number of rotatable bonds is 2. The van der Waals surface area contributed by atoms with Crippen LogP contribution in [0.1, 0.15) is 46.0 Å². The van der Waals surface area contributed by atoms with Gasteiger partial charge in [0.25, 0.3) is 0 Å². The van der Waals surface area contributed by atoms with Crippen LogP contribution in [0.15, 0.2) is 0 Å². The Bertz CT molecular complexity index is 205. The smallest absolute Gasteiger partial charge is 0.0101 e. The highest BCUT2D eigenvalue weighted by molar-refractivity contribution is 4.90. The second-order valence-electron chi connectivity index (χ2n) is 6.16. The Morgan fingerprint density at radius 1 is 1.13 bits per heavy atom. The zero-order valence-electron chi connectivity index (χ0n) is 10.6. The molecule has 0 spiro atoms. The maximum atomic E-state index is 3.40. The third-order valence-electron chi connectivity index (χ3n) is 4.40. The van der Waals surface area contributed by atoms with Gasteiger partial charge in [-0.05, 0) is 57.7 Å². The van der Waals surface area contributed by atoms with E-state index in [-0.39, 0.29) is 0 Å². The molecule has 2 rings (SSSR count). The van der Waals surface area contributed by atoms with Crippen molar-refractivity contribution in [3.05, 3.63) is 0 Å². The number of hydrogen-bond acceptors (Lipinski definition) is 2. The van der Waals surface area contributed by atoms with Crippen molar-refractivity contribution in [1.29, 1.82) is 0 Å². The van der Waals surface area contributed by atoms with Crippen molar-refractivity contribution >= 4 is 0 Å². The molecule has 0 aromatic heterocycles. The van der Waals surface area contributed by atoms with E-state index in [2.05, 4.69) is 31.1 Å². The first kappa shape index (κ1) is 11.4. The molecule has 1 unspecified atom stereocenters. The van der Waals surface area contributed by atoms with Crippen LogP contribution in [-0.4, -0.2) is 37.1 Å². The number of nitrogens with zero attached hydrogens (tertiary/aromatic N) is 1. The molecule has 1 aliphatic heterocycles. The summed E-state index contributed by atoms with van der Waals surface area (Å²) >= 11 is 0. The van der Waals surface area contributed by atoms with Crippen LogP contribution in [0, 0.1) is 5.41 Å². The summed E-state index contributed by atoms with van der Waals surface area (Å²) in [6, 6.07) is 1.66. The van der Waals surface area contributed by atoms with Crippen molar-refractivity contribution in [1.82, 2.24) is 10.2 Å². The fourth-order valence-electron chi connectivity index (χ4n) is 3.26. The zero-order chi connectivity index (χ0) is 10.9. The van der Waals surface area contributed by atoms with Gasteiger partial charge in [-0.2, -0.15) is 0 Å². The minimum atomic E-state index is 0.602. The normalized spacial score (nSPS) is 33.4. The first-order valence-corrected chi connectivity index (χ1v) is 6.52. The molecular weight excluding hydrogens is 184 g/mol. The summed E-state index contributed by atoms with van der Waals surface area (Å²) < 4.78 is 0. The molecule has 2 fully saturated rings. The van der Waals surface area contributed by atoms with E-state index in [1.54, 1.807) is 0 Å². The fourth-order valence-corrected chi connectivity index (χ4v) is 3.26. The van der Waals surface area contributed by atoms with Gasteiger partial charge < -0.3 is 10.2 Å². The molecule has 2 nitrogen and oxygen atoms in total. The number of hydrogen-bond donors (Lipinski definition) is 1. The van der Waals surface area contributed by atoms with Gasteiger partial charge in [0.05, 0.1) is 0 Å². The monoisotopic (exact) mass is 210 g/mol. The van der Waals surface area contributed by atoms with Crippen molar-refractivity contribution in [2.75, 3.05) is 20.1 Å². The topological polar surface area (TPSA) is 15.3 Å². The van der Waals surface area contributed by atoms with E-state index in [1.165, 1.54) is 45.2 Å². The summed E-state index contributed by atoms with van der Waals surface area (Å²) in [7, 11) is 2.10. The third-order valence-corrected chi connectivity index (χ3v) is 4.40. The molecule has 0 amide bonds. The highest BCUT2D eigenvalue weighted by Gasteiger charge is 2.35. The molecule has 0 radical (unpaired) electrons. The van der Waals surface area contributed by atoms with Crippen molar-refractivity contribution < 1.29 is 0 Å². The summed E-state index contributed by atoms with van der Waals surface area (Å²) in [6.45, 7) is 7.47. The van der Waals surface area contributed by atoms with Crippen molar-refractivity contribution in [2.24, 2.45) is 5.41 Å². The van der Waals surface area contributed by atoms with Crippen LogP contribution in [0.5, 0.6) is 0 Å². The van der Waals surface area contributed by atoms with Crippen LogP contribution in [0.3, 0.4) is 0 Å². The second-order valence-corrected chi connectivity index (χ2v) is 6.16. The van der Waals surface area contributed by atoms with Crippen LogP contribution >= 0.6 is 0 Å². The lowest BCUT2D eigenvalue weighted by molar-refractivity contribution is 0.140. The van der Waals surface area contributed by atoms with Gasteiger partial charge in [-0.1, -0.05) is 13.8 Å². The minimum absolute atomic E-state index is 0.602. The number of nitrogens with one attached hydrogen (secondary N) is 1. The highest BCUT2D eigenvalue weighted by atomic mass is 15.2. The van der Waals surface area contributed by atoms with E-state index < -0.39 is 0 Å². The van der Waals surface area contributed by atoms with Gasteiger partial charge in [0.1, 0.15) is 0 Å². The maximum Gasteiger partial charge on any atom is 0.0101 e. The Labute approximate surface area is 94.4 Å². The van der Waals surface area contributed by atoms with Crippen LogP contribution in [0.25, 0.3) is 0 Å². The Morgan fingerprint density at radius 3 is 2.27 bits per heavy atom. The van der Waals surface area contributed by atoms with E-state index in [9.17, 15) is 0 Å². The van der Waals surface area contributed by atoms with Crippen molar-refractivity contribution in [3.8, 4) is 0 Å². The standard InChI is InChI=1S/C13H26N2/c1-13(2)7-4-12(10-13)15-8-5-11(14-3)6-9-15/h11-12,14H,4-10H2,1-3H3. The average molecular weight is 210 g/mol. The molecule has 1 saturated heterocycles. The Balaban J connectivity index is 1.81. The predicted molar refractivity (Wildman–Crippen MR) is 65.1 cm³/mol.